The van der Waals surface area contributed by atoms with E-state index < -0.39 is 48.2 Å². The molecule has 0 unspecified atom stereocenters. The van der Waals surface area contributed by atoms with E-state index in [1.165, 1.54) is 31.5 Å². The highest BCUT2D eigenvalue weighted by Gasteiger charge is 2.52. The second-order valence-electron chi connectivity index (χ2n) is 11.8. The summed E-state index contributed by atoms with van der Waals surface area (Å²) in [6.07, 6.45) is 0.547. The molecule has 4 N–H and O–H groups in total. The number of ether oxygens (including phenoxy) is 1. The molecule has 2 aromatic carbocycles. The average molecular weight is 607 g/mol. The highest BCUT2D eigenvalue weighted by Crippen LogP contribution is 2.38. The van der Waals surface area contributed by atoms with Crippen LogP contribution in [0.1, 0.15) is 44.6 Å². The van der Waals surface area contributed by atoms with Gasteiger partial charge in [0, 0.05) is 12.7 Å². The van der Waals surface area contributed by atoms with Crippen molar-refractivity contribution in [1.82, 2.24) is 15.3 Å². The highest BCUT2D eigenvalue weighted by molar-refractivity contribution is 6.62. The Morgan fingerprint density at radius 2 is 1.89 bits per heavy atom. The Labute approximate surface area is 254 Å². The van der Waals surface area contributed by atoms with E-state index in [9.17, 15) is 24.2 Å². The van der Waals surface area contributed by atoms with Gasteiger partial charge in [-0.2, -0.15) is 0 Å². The molecule has 5 rings (SSSR count). The number of benzene rings is 2. The number of anilines is 2. The molecule has 3 heterocycles. The van der Waals surface area contributed by atoms with Crippen molar-refractivity contribution >= 4 is 36.0 Å². The van der Waals surface area contributed by atoms with E-state index in [0.717, 1.165) is 0 Å². The van der Waals surface area contributed by atoms with E-state index in [1.807, 2.05) is 32.6 Å². The van der Waals surface area contributed by atoms with Crippen LogP contribution >= 0.6 is 0 Å². The molecule has 2 aliphatic heterocycles. The quantitative estimate of drug-likeness (QED) is 0.281. The third-order valence-electron chi connectivity index (χ3n) is 8.36. The Kier molecular flexibility index (Phi) is 8.52. The van der Waals surface area contributed by atoms with Crippen LogP contribution in [0.5, 0.6) is 5.75 Å². The number of nitrogens with one attached hydrogen (secondary N) is 2. The number of carboxylic acid groups (broad SMARTS) is 1. The SMILES string of the molecule is COc1cccc(F)c1-c1nccc(C(=O)Nc2ccc(B3OC(C)(C)C(C)(C)O3)cc2N2C[C@@H](NC(=O)O)C[C@H]2CO)n1. The molecule has 3 aromatic rings. The van der Waals surface area contributed by atoms with Gasteiger partial charge in [-0.1, -0.05) is 12.1 Å². The number of aliphatic hydroxyl groups excluding tert-OH is 1. The van der Waals surface area contributed by atoms with Crippen molar-refractivity contribution < 1.29 is 38.2 Å². The van der Waals surface area contributed by atoms with Crippen LogP contribution in [0.15, 0.2) is 48.7 Å². The van der Waals surface area contributed by atoms with Crippen molar-refractivity contribution in [2.75, 3.05) is 30.5 Å². The fraction of sp³-hybridized carbons (Fsp3) is 0.400. The first kappa shape index (κ1) is 31.2. The summed E-state index contributed by atoms with van der Waals surface area (Å²) < 4.78 is 32.5. The normalized spacial score (nSPS) is 20.4. The van der Waals surface area contributed by atoms with Crippen LogP contribution in [-0.2, 0) is 9.31 Å². The number of aromatic nitrogens is 2. The van der Waals surface area contributed by atoms with Gasteiger partial charge < -0.3 is 39.8 Å². The van der Waals surface area contributed by atoms with Gasteiger partial charge >= 0.3 is 13.2 Å². The van der Waals surface area contributed by atoms with E-state index in [2.05, 4.69) is 20.6 Å². The summed E-state index contributed by atoms with van der Waals surface area (Å²) in [5, 5.41) is 24.9. The standard InChI is InChI=1S/C30H35BFN5O7/c1-29(2)30(3,4)44-31(43-29)17-9-10-21(23(13-17)37-15-18(34-28(40)41)14-19(37)16-38)36-27(39)22-11-12-33-26(35-22)25-20(32)7-6-8-24(25)42-5/h6-13,18-19,34,38H,14-16H2,1-5H3,(H,36,39)(H,40,41)/t18-,19-/m0/s1. The second kappa shape index (κ2) is 12.0. The topological polar surface area (TPSA) is 155 Å². The van der Waals surface area contributed by atoms with Gasteiger partial charge in [-0.3, -0.25) is 4.79 Å². The van der Waals surface area contributed by atoms with Crippen LogP contribution in [-0.4, -0.2) is 82.8 Å². The number of hydrogen-bond acceptors (Lipinski definition) is 9. The van der Waals surface area contributed by atoms with Gasteiger partial charge in [0.15, 0.2) is 5.82 Å². The lowest BCUT2D eigenvalue weighted by molar-refractivity contribution is 0.00578. The highest BCUT2D eigenvalue weighted by atomic mass is 19.1. The van der Waals surface area contributed by atoms with E-state index >= 15 is 0 Å². The number of carbonyl (C=O) groups is 2. The number of rotatable bonds is 8. The minimum atomic E-state index is -1.17. The van der Waals surface area contributed by atoms with Gasteiger partial charge in [0.05, 0.1) is 53.9 Å². The third kappa shape index (κ3) is 6.05. The zero-order valence-corrected chi connectivity index (χ0v) is 25.1. The number of aliphatic hydroxyl groups is 1. The van der Waals surface area contributed by atoms with Gasteiger partial charge in [0.2, 0.25) is 0 Å². The predicted molar refractivity (Wildman–Crippen MR) is 162 cm³/mol. The number of methoxy groups -OCH3 is 1. The third-order valence-corrected chi connectivity index (χ3v) is 8.36. The van der Waals surface area contributed by atoms with Crippen molar-refractivity contribution in [2.24, 2.45) is 0 Å². The molecule has 2 amide bonds. The summed E-state index contributed by atoms with van der Waals surface area (Å²) in [5.41, 5.74) is 0.419. The van der Waals surface area contributed by atoms with Crippen molar-refractivity contribution in [3.8, 4) is 17.1 Å². The molecule has 44 heavy (non-hydrogen) atoms. The summed E-state index contributed by atoms with van der Waals surface area (Å²) in [4.78, 5) is 35.2. The molecule has 0 saturated carbocycles. The van der Waals surface area contributed by atoms with E-state index in [4.69, 9.17) is 14.0 Å². The molecule has 0 bridgehead atoms. The van der Waals surface area contributed by atoms with Crippen molar-refractivity contribution in [1.29, 1.82) is 0 Å². The Morgan fingerprint density at radius 3 is 2.55 bits per heavy atom. The Morgan fingerprint density at radius 1 is 1.16 bits per heavy atom. The van der Waals surface area contributed by atoms with E-state index in [0.29, 0.717) is 23.3 Å². The predicted octanol–water partition coefficient (Wildman–Crippen LogP) is 3.05. The molecule has 12 nitrogen and oxygen atoms in total. The van der Waals surface area contributed by atoms with Crippen LogP contribution in [0.25, 0.3) is 11.4 Å². The zero-order chi connectivity index (χ0) is 31.8. The smallest absolute Gasteiger partial charge is 0.494 e. The molecular weight excluding hydrogens is 572 g/mol. The first-order valence-corrected chi connectivity index (χ1v) is 14.2. The van der Waals surface area contributed by atoms with Gasteiger partial charge in [0.25, 0.3) is 5.91 Å². The van der Waals surface area contributed by atoms with Crippen molar-refractivity contribution in [3.05, 3.63) is 60.2 Å². The largest absolute Gasteiger partial charge is 0.496 e. The molecule has 0 spiro atoms. The molecular formula is C30H35BFN5O7. The first-order valence-electron chi connectivity index (χ1n) is 14.2. The second-order valence-corrected chi connectivity index (χ2v) is 11.8. The van der Waals surface area contributed by atoms with Crippen LogP contribution in [0.4, 0.5) is 20.6 Å². The molecule has 2 fully saturated rings. The Balaban J connectivity index is 1.50. The maximum atomic E-state index is 14.7. The van der Waals surface area contributed by atoms with Crippen LogP contribution < -0.4 is 25.7 Å². The van der Waals surface area contributed by atoms with E-state index in [1.54, 1.807) is 24.3 Å². The monoisotopic (exact) mass is 607 g/mol. The first-order chi connectivity index (χ1) is 20.8. The number of halogens is 1. The van der Waals surface area contributed by atoms with Crippen molar-refractivity contribution in [3.63, 3.8) is 0 Å². The zero-order valence-electron chi connectivity index (χ0n) is 25.1. The summed E-state index contributed by atoms with van der Waals surface area (Å²) in [6.45, 7) is 7.78. The maximum absolute atomic E-state index is 14.7. The molecule has 232 valence electrons. The van der Waals surface area contributed by atoms with Gasteiger partial charge in [-0.05, 0) is 69.9 Å². The molecule has 1 aromatic heterocycles. The summed E-state index contributed by atoms with van der Waals surface area (Å²) in [7, 11) is 0.699. The molecule has 2 atom stereocenters. The maximum Gasteiger partial charge on any atom is 0.494 e. The molecule has 14 heteroatoms. The van der Waals surface area contributed by atoms with Crippen LogP contribution in [0.2, 0.25) is 0 Å². The molecule has 2 aliphatic rings. The fourth-order valence-electron chi connectivity index (χ4n) is 5.37. The number of hydrogen-bond donors (Lipinski definition) is 4. The fourth-order valence-corrected chi connectivity index (χ4v) is 5.37. The lowest BCUT2D eigenvalue weighted by atomic mass is 9.78. The minimum absolute atomic E-state index is 0.0214. The number of nitrogens with zero attached hydrogens (tertiary/aromatic N) is 3. The Hall–Kier alpha value is -4.27. The summed E-state index contributed by atoms with van der Waals surface area (Å²) in [5.74, 6) is -0.993. The summed E-state index contributed by atoms with van der Waals surface area (Å²) in [6, 6.07) is 10.1. The van der Waals surface area contributed by atoms with Crippen LogP contribution in [0.3, 0.4) is 0 Å². The summed E-state index contributed by atoms with van der Waals surface area (Å²) >= 11 is 0. The van der Waals surface area contributed by atoms with Gasteiger partial charge in [0.1, 0.15) is 17.3 Å². The van der Waals surface area contributed by atoms with E-state index in [-0.39, 0.29) is 36.0 Å². The average Bonchev–Trinajstić information content (AvgIpc) is 3.48. The van der Waals surface area contributed by atoms with Gasteiger partial charge in [-0.15, -0.1) is 0 Å². The minimum Gasteiger partial charge on any atom is -0.496 e. The molecule has 0 aliphatic carbocycles. The van der Waals surface area contributed by atoms with Crippen LogP contribution in [0, 0.1) is 5.82 Å². The molecule has 2 saturated heterocycles. The number of amides is 2. The Bertz CT molecular complexity index is 1560. The lowest BCUT2D eigenvalue weighted by Crippen LogP contribution is -2.41. The number of carbonyl (C=O) groups excluding carboxylic acids is 1. The van der Waals surface area contributed by atoms with Crippen molar-refractivity contribution in [2.45, 2.75) is 57.4 Å². The van der Waals surface area contributed by atoms with Gasteiger partial charge in [-0.25, -0.2) is 19.2 Å². The lowest BCUT2D eigenvalue weighted by Gasteiger charge is -2.32. The molecule has 0 radical (unpaired) electrons.